The molecule has 16 heteroatoms. The minimum Gasteiger partial charge on any atom is -0.462 e. The molecule has 5 atom stereocenters. The molecular formula is C38H46FN6O8P. The number of nitrogens with zero attached hydrogens (tertiary/aromatic N) is 4. The van der Waals surface area contributed by atoms with Crippen molar-refractivity contribution in [2.75, 3.05) is 12.3 Å². The lowest BCUT2D eigenvalue weighted by atomic mass is 9.96. The average Bonchev–Trinajstić information content (AvgIpc) is 3.73. The van der Waals surface area contributed by atoms with Gasteiger partial charge in [-0.15, -0.1) is 6.42 Å². The second-order valence-electron chi connectivity index (χ2n) is 13.3. The van der Waals surface area contributed by atoms with Gasteiger partial charge in [-0.25, -0.2) is 9.55 Å². The maximum absolute atomic E-state index is 14.9. The molecular weight excluding hydrogens is 718 g/mol. The first-order chi connectivity index (χ1) is 25.9. The number of benzene rings is 2. The molecule has 288 valence electrons. The lowest BCUT2D eigenvalue weighted by molar-refractivity contribution is -0.163. The van der Waals surface area contributed by atoms with E-state index >= 15 is 0 Å². The lowest BCUT2D eigenvalue weighted by Gasteiger charge is -2.32. The molecule has 14 nitrogen and oxygen atoms in total. The first kappa shape index (κ1) is 40.3. The number of hydrogen-bond acceptors (Lipinski definition) is 12. The van der Waals surface area contributed by atoms with Crippen molar-refractivity contribution in [3.63, 3.8) is 0 Å². The largest absolute Gasteiger partial charge is 0.462 e. The summed E-state index contributed by atoms with van der Waals surface area (Å²) in [5, 5.41) is 2.80. The van der Waals surface area contributed by atoms with Crippen molar-refractivity contribution in [2.45, 2.75) is 96.3 Å². The Labute approximate surface area is 313 Å². The summed E-state index contributed by atoms with van der Waals surface area (Å²) < 4.78 is 60.8. The summed E-state index contributed by atoms with van der Waals surface area (Å²) in [7, 11) is -4.55. The van der Waals surface area contributed by atoms with Gasteiger partial charge in [-0.05, 0) is 50.8 Å². The molecule has 5 rings (SSSR count). The monoisotopic (exact) mass is 764 g/mol. The third kappa shape index (κ3) is 9.81. The average molecular weight is 765 g/mol. The summed E-state index contributed by atoms with van der Waals surface area (Å²) in [6.45, 7) is 6.70. The van der Waals surface area contributed by atoms with Gasteiger partial charge in [0.2, 0.25) is 0 Å². The van der Waals surface area contributed by atoms with E-state index in [4.69, 9.17) is 35.4 Å². The minimum absolute atomic E-state index is 0.0193. The molecule has 0 bridgehead atoms. The third-order valence-electron chi connectivity index (χ3n) is 8.77. The Balaban J connectivity index is 1.51. The normalized spacial score (nSPS) is 20.0. The van der Waals surface area contributed by atoms with Crippen LogP contribution in [0.2, 0.25) is 0 Å². The summed E-state index contributed by atoms with van der Waals surface area (Å²) >= 11 is 0. The van der Waals surface area contributed by atoms with Crippen LogP contribution in [0.15, 0.2) is 67.0 Å². The number of carbonyl (C=O) groups is 2. The second kappa shape index (κ2) is 18.0. The predicted octanol–water partition coefficient (Wildman–Crippen LogP) is 6.32. The van der Waals surface area contributed by atoms with E-state index in [0.717, 1.165) is 18.4 Å². The molecule has 1 fully saturated rings. The molecule has 0 amide bonds. The van der Waals surface area contributed by atoms with Crippen molar-refractivity contribution in [2.24, 2.45) is 5.92 Å². The van der Waals surface area contributed by atoms with Gasteiger partial charge in [0.1, 0.15) is 30.7 Å². The number of nitrogens with two attached hydrogens (primary N) is 1. The molecule has 0 saturated carbocycles. The van der Waals surface area contributed by atoms with Crippen LogP contribution in [0.5, 0.6) is 5.75 Å². The Morgan fingerprint density at radius 2 is 1.76 bits per heavy atom. The van der Waals surface area contributed by atoms with Crippen LogP contribution in [-0.4, -0.2) is 61.9 Å². The molecule has 0 aliphatic carbocycles. The summed E-state index contributed by atoms with van der Waals surface area (Å²) in [6.07, 6.45) is 6.48. The SMILES string of the molecule is C#C[C@]1(CO[P@@](=O)(N[C@@H](Cc2ccccc2)C(=O)OC(C)C)Oc2ccccc2)O[C@@H](n2cnc3c(N)nc(F)nc32)C[C@@H]1OC(=O)C(CCC)CCC. The standard InChI is InChI=1S/C38H46FN6O8P/c1-6-15-27(16-7-2)35(46)51-30-22-31(45-24-41-32-33(40)42-37(39)43-34(32)45)52-38(30,8-3)23-49-54(48,53-28-19-13-10-14-20-28)44-29(36(47)50-25(4)5)21-26-17-11-9-12-18-26/h3,9-14,17-20,24-25,27,29-31H,6-7,15-16,21-23H2,1-2,4-5H3,(H,44,48)(H2,40,42,43)/t29-,30-,31+,38+,54-/m0/s1. The number of ether oxygens (including phenoxy) is 3. The Kier molecular flexibility index (Phi) is 13.4. The number of terminal acetylenes is 1. The zero-order chi connectivity index (χ0) is 38.9. The molecule has 0 unspecified atom stereocenters. The quantitative estimate of drug-likeness (QED) is 0.0498. The summed E-state index contributed by atoms with van der Waals surface area (Å²) in [4.78, 5) is 38.8. The molecule has 2 aromatic heterocycles. The maximum atomic E-state index is 14.9. The van der Waals surface area contributed by atoms with Crippen molar-refractivity contribution >= 4 is 36.7 Å². The highest BCUT2D eigenvalue weighted by molar-refractivity contribution is 7.52. The Hall–Kier alpha value is -4.87. The van der Waals surface area contributed by atoms with Gasteiger partial charge < -0.3 is 24.5 Å². The van der Waals surface area contributed by atoms with Crippen molar-refractivity contribution in [1.82, 2.24) is 24.6 Å². The number of rotatable bonds is 18. The maximum Gasteiger partial charge on any atom is 0.459 e. The van der Waals surface area contributed by atoms with Crippen LogP contribution in [-0.2, 0) is 39.3 Å². The number of hydrogen-bond donors (Lipinski definition) is 2. The first-order valence-electron chi connectivity index (χ1n) is 17.9. The van der Waals surface area contributed by atoms with Gasteiger partial charge in [0.25, 0.3) is 0 Å². The number of fused-ring (bicyclic) bond motifs is 1. The molecule has 54 heavy (non-hydrogen) atoms. The highest BCUT2D eigenvalue weighted by atomic mass is 31.2. The van der Waals surface area contributed by atoms with E-state index in [1.807, 2.05) is 44.2 Å². The zero-order valence-corrected chi connectivity index (χ0v) is 31.6. The van der Waals surface area contributed by atoms with E-state index < -0.39 is 68.4 Å². The molecule has 1 saturated heterocycles. The van der Waals surface area contributed by atoms with E-state index in [9.17, 15) is 18.5 Å². The van der Waals surface area contributed by atoms with Gasteiger partial charge in [0.15, 0.2) is 22.6 Å². The highest BCUT2D eigenvalue weighted by Crippen LogP contribution is 2.49. The van der Waals surface area contributed by atoms with Crippen LogP contribution < -0.4 is 15.3 Å². The van der Waals surface area contributed by atoms with Crippen LogP contribution in [0.4, 0.5) is 10.2 Å². The summed E-state index contributed by atoms with van der Waals surface area (Å²) in [5.41, 5.74) is 4.93. The number of nitrogen functional groups attached to an aromatic ring is 1. The van der Waals surface area contributed by atoms with E-state index in [1.54, 1.807) is 44.2 Å². The molecule has 1 aliphatic rings. The molecule has 3 N–H and O–H groups in total. The van der Waals surface area contributed by atoms with Gasteiger partial charge in [-0.2, -0.15) is 19.4 Å². The lowest BCUT2D eigenvalue weighted by Crippen LogP contribution is -2.46. The number of anilines is 1. The van der Waals surface area contributed by atoms with Gasteiger partial charge in [-0.3, -0.25) is 18.7 Å². The Morgan fingerprint density at radius 1 is 1.09 bits per heavy atom. The van der Waals surface area contributed by atoms with Crippen LogP contribution in [0.25, 0.3) is 11.2 Å². The number of para-hydroxylation sites is 1. The Morgan fingerprint density at radius 3 is 2.39 bits per heavy atom. The van der Waals surface area contributed by atoms with E-state index in [1.165, 1.54) is 10.9 Å². The summed E-state index contributed by atoms with van der Waals surface area (Å²) in [5.74, 6) is 0.986. The first-order valence-corrected chi connectivity index (χ1v) is 19.5. The summed E-state index contributed by atoms with van der Waals surface area (Å²) in [6, 6.07) is 16.1. The third-order valence-corrected chi connectivity index (χ3v) is 10.3. The predicted molar refractivity (Wildman–Crippen MR) is 198 cm³/mol. The van der Waals surface area contributed by atoms with Gasteiger partial charge in [0.05, 0.1) is 18.3 Å². The number of esters is 2. The van der Waals surface area contributed by atoms with Crippen LogP contribution in [0.1, 0.15) is 71.6 Å². The number of imidazole rings is 1. The molecule has 0 radical (unpaired) electrons. The van der Waals surface area contributed by atoms with E-state index in [0.29, 0.717) is 12.8 Å². The second-order valence-corrected chi connectivity index (χ2v) is 15.0. The smallest absolute Gasteiger partial charge is 0.459 e. The van der Waals surface area contributed by atoms with Gasteiger partial charge in [-0.1, -0.05) is 81.1 Å². The minimum atomic E-state index is -4.55. The Bertz CT molecular complexity index is 1970. The zero-order valence-electron chi connectivity index (χ0n) is 30.7. The highest BCUT2D eigenvalue weighted by Gasteiger charge is 2.53. The number of nitrogens with one attached hydrogen (secondary N) is 1. The number of aromatic nitrogens is 4. The van der Waals surface area contributed by atoms with Gasteiger partial charge >= 0.3 is 25.8 Å². The van der Waals surface area contributed by atoms with Crippen LogP contribution in [0.3, 0.4) is 0 Å². The fraction of sp³-hybridized carbons (Fsp3) is 0.447. The van der Waals surface area contributed by atoms with Gasteiger partial charge in [0, 0.05) is 6.42 Å². The fourth-order valence-electron chi connectivity index (χ4n) is 6.21. The van der Waals surface area contributed by atoms with Crippen molar-refractivity contribution in [3.05, 3.63) is 78.6 Å². The van der Waals surface area contributed by atoms with E-state index in [-0.39, 0.29) is 35.6 Å². The molecule has 4 aromatic rings. The van der Waals surface area contributed by atoms with Crippen molar-refractivity contribution < 1.29 is 41.8 Å². The fourth-order valence-corrected chi connectivity index (χ4v) is 7.73. The molecule has 1 aliphatic heterocycles. The number of carbonyl (C=O) groups excluding carboxylic acids is 2. The molecule has 0 spiro atoms. The van der Waals surface area contributed by atoms with E-state index in [2.05, 4.69) is 26.0 Å². The van der Waals surface area contributed by atoms with Crippen molar-refractivity contribution in [1.29, 1.82) is 0 Å². The molecule has 3 heterocycles. The van der Waals surface area contributed by atoms with Crippen LogP contribution in [0, 0.1) is 24.3 Å². The van der Waals surface area contributed by atoms with Crippen LogP contribution >= 0.6 is 7.75 Å². The molecule has 2 aromatic carbocycles. The number of halogens is 1. The topological polar surface area (TPSA) is 179 Å². The van der Waals surface area contributed by atoms with Crippen molar-refractivity contribution in [3.8, 4) is 18.1 Å².